The van der Waals surface area contributed by atoms with Crippen molar-refractivity contribution in [3.63, 3.8) is 0 Å². The van der Waals surface area contributed by atoms with Crippen LogP contribution in [0.1, 0.15) is 17.9 Å². The molecule has 0 aliphatic carbocycles. The van der Waals surface area contributed by atoms with Crippen LogP contribution in [0.3, 0.4) is 0 Å². The summed E-state index contributed by atoms with van der Waals surface area (Å²) in [5.74, 6) is 0.253. The zero-order valence-corrected chi connectivity index (χ0v) is 12.9. The maximum absolute atomic E-state index is 12.1. The molecule has 0 saturated carbocycles. The van der Waals surface area contributed by atoms with E-state index >= 15 is 0 Å². The number of benzene rings is 1. The van der Waals surface area contributed by atoms with Crippen LogP contribution in [0.15, 0.2) is 34.9 Å². The van der Waals surface area contributed by atoms with Gasteiger partial charge in [-0.15, -0.1) is 0 Å². The Hall–Kier alpha value is -2.35. The van der Waals surface area contributed by atoms with Crippen LogP contribution in [0.4, 0.5) is 13.2 Å². The molecule has 0 radical (unpaired) electrons. The Bertz CT molecular complexity index is 681. The number of aryl methyl sites for hydroxylation is 2. The van der Waals surface area contributed by atoms with Gasteiger partial charge in [0.1, 0.15) is 0 Å². The number of aliphatic hydroxyl groups excluding tert-OH is 1. The standard InChI is InChI=1S/C16H17F3N2O3/c1-10-2-4-11(5-3-10)12-8-21-15(24-12)7-6-14(23)20-9-13(22)16(17,18)19/h2-5,8,13,22H,6-7,9H2,1H3,(H,20,23). The minimum Gasteiger partial charge on any atom is -0.441 e. The van der Waals surface area contributed by atoms with Crippen molar-refractivity contribution in [1.82, 2.24) is 10.3 Å². The molecule has 0 saturated heterocycles. The summed E-state index contributed by atoms with van der Waals surface area (Å²) >= 11 is 0. The number of hydrogen-bond donors (Lipinski definition) is 2. The minimum atomic E-state index is -4.75. The van der Waals surface area contributed by atoms with E-state index in [1.807, 2.05) is 36.5 Å². The number of oxazole rings is 1. The van der Waals surface area contributed by atoms with Gasteiger partial charge in [0.05, 0.1) is 12.7 Å². The van der Waals surface area contributed by atoms with Gasteiger partial charge in [0, 0.05) is 18.4 Å². The molecule has 24 heavy (non-hydrogen) atoms. The normalized spacial score (nSPS) is 12.9. The number of carbonyl (C=O) groups excluding carboxylic acids is 1. The largest absolute Gasteiger partial charge is 0.441 e. The van der Waals surface area contributed by atoms with Crippen molar-refractivity contribution >= 4 is 5.91 Å². The fourth-order valence-electron chi connectivity index (χ4n) is 1.91. The molecule has 1 unspecified atom stereocenters. The average molecular weight is 342 g/mol. The van der Waals surface area contributed by atoms with Gasteiger partial charge in [0.2, 0.25) is 5.91 Å². The molecule has 2 rings (SSSR count). The van der Waals surface area contributed by atoms with Crippen molar-refractivity contribution in [2.24, 2.45) is 0 Å². The molecule has 1 heterocycles. The smallest absolute Gasteiger partial charge is 0.416 e. The molecule has 2 aromatic rings. The first-order valence-electron chi connectivity index (χ1n) is 7.29. The highest BCUT2D eigenvalue weighted by atomic mass is 19.4. The van der Waals surface area contributed by atoms with Crippen molar-refractivity contribution in [2.75, 3.05) is 6.54 Å². The molecule has 1 aromatic heterocycles. The second-order valence-electron chi connectivity index (χ2n) is 5.35. The van der Waals surface area contributed by atoms with Crippen LogP contribution in [0.5, 0.6) is 0 Å². The lowest BCUT2D eigenvalue weighted by Crippen LogP contribution is -2.40. The van der Waals surface area contributed by atoms with Crippen molar-refractivity contribution in [1.29, 1.82) is 0 Å². The first-order chi connectivity index (χ1) is 11.3. The van der Waals surface area contributed by atoms with Gasteiger partial charge < -0.3 is 14.8 Å². The molecular formula is C16H17F3N2O3. The van der Waals surface area contributed by atoms with Crippen LogP contribution in [0.2, 0.25) is 0 Å². The molecule has 1 atom stereocenters. The molecule has 0 spiro atoms. The molecule has 1 amide bonds. The number of rotatable bonds is 6. The number of alkyl halides is 3. The number of nitrogens with zero attached hydrogens (tertiary/aromatic N) is 1. The van der Waals surface area contributed by atoms with Crippen molar-refractivity contribution in [3.8, 4) is 11.3 Å². The van der Waals surface area contributed by atoms with Gasteiger partial charge in [-0.2, -0.15) is 13.2 Å². The lowest BCUT2D eigenvalue weighted by molar-refractivity contribution is -0.201. The zero-order valence-electron chi connectivity index (χ0n) is 12.9. The van der Waals surface area contributed by atoms with Crippen LogP contribution in [-0.2, 0) is 11.2 Å². The highest BCUT2D eigenvalue weighted by Crippen LogP contribution is 2.21. The Balaban J connectivity index is 1.82. The van der Waals surface area contributed by atoms with Crippen molar-refractivity contribution < 1.29 is 27.5 Å². The molecule has 0 aliphatic heterocycles. The second-order valence-corrected chi connectivity index (χ2v) is 5.35. The number of carbonyl (C=O) groups is 1. The molecule has 0 bridgehead atoms. The van der Waals surface area contributed by atoms with Crippen molar-refractivity contribution in [3.05, 3.63) is 41.9 Å². The highest BCUT2D eigenvalue weighted by Gasteiger charge is 2.38. The fourth-order valence-corrected chi connectivity index (χ4v) is 1.91. The van der Waals surface area contributed by atoms with E-state index in [0.29, 0.717) is 11.7 Å². The summed E-state index contributed by atoms with van der Waals surface area (Å²) in [7, 11) is 0. The average Bonchev–Trinajstić information content (AvgIpc) is 2.99. The summed E-state index contributed by atoms with van der Waals surface area (Å²) in [4.78, 5) is 15.5. The maximum atomic E-state index is 12.1. The fraction of sp³-hybridized carbons (Fsp3) is 0.375. The molecule has 8 heteroatoms. The molecule has 0 aliphatic rings. The third-order valence-corrected chi connectivity index (χ3v) is 3.33. The Morgan fingerprint density at radius 1 is 1.33 bits per heavy atom. The van der Waals surface area contributed by atoms with E-state index in [1.165, 1.54) is 6.20 Å². The monoisotopic (exact) mass is 342 g/mol. The predicted molar refractivity (Wildman–Crippen MR) is 80.1 cm³/mol. The number of aliphatic hydroxyl groups is 1. The van der Waals surface area contributed by atoms with E-state index in [9.17, 15) is 18.0 Å². The summed E-state index contributed by atoms with van der Waals surface area (Å²) in [5, 5.41) is 10.8. The van der Waals surface area contributed by atoms with Crippen molar-refractivity contribution in [2.45, 2.75) is 32.0 Å². The third kappa shape index (κ3) is 5.09. The number of aromatic nitrogens is 1. The Kier molecular flexibility index (Phi) is 5.61. The Labute approximate surface area is 136 Å². The lowest BCUT2D eigenvalue weighted by Gasteiger charge is -2.14. The number of hydrogen-bond acceptors (Lipinski definition) is 4. The molecule has 0 fully saturated rings. The minimum absolute atomic E-state index is 0.0849. The van der Waals surface area contributed by atoms with Gasteiger partial charge in [-0.25, -0.2) is 4.98 Å². The van der Waals surface area contributed by atoms with Crippen LogP contribution in [0, 0.1) is 6.92 Å². The molecule has 5 nitrogen and oxygen atoms in total. The van der Waals surface area contributed by atoms with E-state index < -0.39 is 24.7 Å². The first kappa shape index (κ1) is 18.0. The van der Waals surface area contributed by atoms with E-state index in [0.717, 1.165) is 11.1 Å². The lowest BCUT2D eigenvalue weighted by atomic mass is 10.1. The summed E-state index contributed by atoms with van der Waals surface area (Å²) in [5.41, 5.74) is 1.95. The Morgan fingerprint density at radius 2 is 2.00 bits per heavy atom. The van der Waals surface area contributed by atoms with Crippen LogP contribution in [0.25, 0.3) is 11.3 Å². The van der Waals surface area contributed by atoms with Gasteiger partial charge in [0.15, 0.2) is 17.8 Å². The summed E-state index contributed by atoms with van der Waals surface area (Å²) in [6.45, 7) is 1.09. The molecule has 130 valence electrons. The highest BCUT2D eigenvalue weighted by molar-refractivity contribution is 5.76. The maximum Gasteiger partial charge on any atom is 0.416 e. The van der Waals surface area contributed by atoms with Gasteiger partial charge in [-0.3, -0.25) is 4.79 Å². The van der Waals surface area contributed by atoms with Crippen LogP contribution < -0.4 is 5.32 Å². The van der Waals surface area contributed by atoms with Gasteiger partial charge in [-0.05, 0) is 6.92 Å². The SMILES string of the molecule is Cc1ccc(-c2cnc(CCC(=O)NCC(O)C(F)(F)F)o2)cc1. The van der Waals surface area contributed by atoms with E-state index in [-0.39, 0.29) is 12.8 Å². The molecular weight excluding hydrogens is 325 g/mol. The predicted octanol–water partition coefficient (Wildman–Crippen LogP) is 2.62. The molecule has 1 aromatic carbocycles. The van der Waals surface area contributed by atoms with E-state index in [4.69, 9.17) is 9.52 Å². The molecule has 2 N–H and O–H groups in total. The number of amides is 1. The second kappa shape index (κ2) is 7.48. The van der Waals surface area contributed by atoms with Crippen LogP contribution >= 0.6 is 0 Å². The van der Waals surface area contributed by atoms with E-state index in [1.54, 1.807) is 0 Å². The van der Waals surface area contributed by atoms with E-state index in [2.05, 4.69) is 4.98 Å². The summed E-state index contributed by atoms with van der Waals surface area (Å²) in [6, 6.07) is 7.61. The quantitative estimate of drug-likeness (QED) is 0.846. The zero-order chi connectivity index (χ0) is 17.7. The summed E-state index contributed by atoms with van der Waals surface area (Å²) in [6.07, 6.45) is -5.72. The number of halogens is 3. The first-order valence-corrected chi connectivity index (χ1v) is 7.29. The topological polar surface area (TPSA) is 75.4 Å². The van der Waals surface area contributed by atoms with Gasteiger partial charge in [0.25, 0.3) is 0 Å². The van der Waals surface area contributed by atoms with Gasteiger partial charge >= 0.3 is 6.18 Å². The Morgan fingerprint density at radius 3 is 2.62 bits per heavy atom. The third-order valence-electron chi connectivity index (χ3n) is 3.33. The van der Waals surface area contributed by atoms with Crippen LogP contribution in [-0.4, -0.2) is 34.8 Å². The number of nitrogens with one attached hydrogen (secondary N) is 1. The van der Waals surface area contributed by atoms with Gasteiger partial charge in [-0.1, -0.05) is 29.8 Å². The summed E-state index contributed by atoms with van der Waals surface area (Å²) < 4.78 is 41.9.